The molecule has 0 bridgehead atoms. The van der Waals surface area contributed by atoms with E-state index in [2.05, 4.69) is 6.58 Å². The maximum Gasteiger partial charge on any atom is 0.390 e. The van der Waals surface area contributed by atoms with Crippen molar-refractivity contribution < 1.29 is 13.2 Å². The van der Waals surface area contributed by atoms with Crippen molar-refractivity contribution in [2.24, 2.45) is 0 Å². The molecule has 0 aliphatic heterocycles. The van der Waals surface area contributed by atoms with Crippen molar-refractivity contribution >= 4 is 0 Å². The summed E-state index contributed by atoms with van der Waals surface area (Å²) in [6.45, 7) is 7.69. The van der Waals surface area contributed by atoms with Crippen molar-refractivity contribution in [3.05, 3.63) is 12.3 Å². The quantitative estimate of drug-likeness (QED) is 0.644. The lowest BCUT2D eigenvalue weighted by Crippen LogP contribution is -2.26. The monoisotopic (exact) mass is 181 g/mol. The van der Waals surface area contributed by atoms with Gasteiger partial charge in [0.25, 0.3) is 0 Å². The van der Waals surface area contributed by atoms with E-state index in [-0.39, 0.29) is 6.54 Å². The topological polar surface area (TPSA) is 3.24 Å². The Bertz CT molecular complexity index is 151. The summed E-state index contributed by atoms with van der Waals surface area (Å²) >= 11 is 0. The Balaban J connectivity index is 3.81. The zero-order valence-electron chi connectivity index (χ0n) is 7.41. The van der Waals surface area contributed by atoms with Crippen molar-refractivity contribution in [1.82, 2.24) is 4.90 Å². The summed E-state index contributed by atoms with van der Waals surface area (Å²) in [5.74, 6) is 0. The molecule has 0 saturated heterocycles. The second-order valence-electron chi connectivity index (χ2n) is 2.68. The average Bonchev–Trinajstić information content (AvgIpc) is 1.85. The molecule has 0 N–H and O–H groups in total. The van der Waals surface area contributed by atoms with Gasteiger partial charge in [0.15, 0.2) is 0 Å². The highest BCUT2D eigenvalue weighted by Crippen LogP contribution is 2.20. The molecule has 0 rings (SSSR count). The van der Waals surface area contributed by atoms with E-state index in [0.29, 0.717) is 12.2 Å². The van der Waals surface area contributed by atoms with E-state index < -0.39 is 12.6 Å². The van der Waals surface area contributed by atoms with Gasteiger partial charge in [0.1, 0.15) is 0 Å². The van der Waals surface area contributed by atoms with Crippen LogP contribution in [0.3, 0.4) is 0 Å². The molecule has 0 aromatic rings. The van der Waals surface area contributed by atoms with E-state index >= 15 is 0 Å². The van der Waals surface area contributed by atoms with Crippen molar-refractivity contribution in [2.75, 3.05) is 13.1 Å². The molecule has 0 aromatic heterocycles. The first-order valence-electron chi connectivity index (χ1n) is 3.84. The predicted octanol–water partition coefficient (Wildman–Crippen LogP) is 2.79. The summed E-state index contributed by atoms with van der Waals surface area (Å²) in [7, 11) is 0. The van der Waals surface area contributed by atoms with E-state index in [1.807, 2.05) is 6.92 Å². The van der Waals surface area contributed by atoms with Gasteiger partial charge in [-0.25, -0.2) is 0 Å². The zero-order chi connectivity index (χ0) is 9.78. The highest BCUT2D eigenvalue weighted by Gasteiger charge is 2.27. The lowest BCUT2D eigenvalue weighted by atomic mass is 10.3. The second kappa shape index (κ2) is 4.38. The fourth-order valence-electron chi connectivity index (χ4n) is 0.881. The summed E-state index contributed by atoms with van der Waals surface area (Å²) in [6.07, 6.45) is -4.84. The van der Waals surface area contributed by atoms with Crippen LogP contribution in [0.1, 0.15) is 20.3 Å². The molecule has 0 radical (unpaired) electrons. The third-order valence-corrected chi connectivity index (χ3v) is 1.59. The largest absolute Gasteiger partial charge is 0.390 e. The number of rotatable bonds is 4. The summed E-state index contributed by atoms with van der Waals surface area (Å²) in [6, 6.07) is 0. The minimum absolute atomic E-state index is 0.00926. The van der Waals surface area contributed by atoms with Crippen LogP contribution in [0.2, 0.25) is 0 Å². The molecule has 0 aromatic carbocycles. The summed E-state index contributed by atoms with van der Waals surface area (Å²) in [5, 5.41) is 0. The number of hydrogen-bond acceptors (Lipinski definition) is 1. The van der Waals surface area contributed by atoms with Crippen molar-refractivity contribution in [2.45, 2.75) is 26.4 Å². The Hall–Kier alpha value is -0.670. The minimum Gasteiger partial charge on any atom is -0.375 e. The van der Waals surface area contributed by atoms with E-state index in [1.54, 1.807) is 11.8 Å². The molecule has 0 aliphatic carbocycles. The predicted molar refractivity (Wildman–Crippen MR) is 42.7 cm³/mol. The van der Waals surface area contributed by atoms with Gasteiger partial charge in [0, 0.05) is 18.8 Å². The Morgan fingerprint density at radius 1 is 1.42 bits per heavy atom. The zero-order valence-corrected chi connectivity index (χ0v) is 7.41. The maximum atomic E-state index is 11.8. The molecule has 72 valence electrons. The van der Waals surface area contributed by atoms with Crippen LogP contribution in [0.15, 0.2) is 12.3 Å². The van der Waals surface area contributed by atoms with Gasteiger partial charge < -0.3 is 4.90 Å². The fourth-order valence-corrected chi connectivity index (χ4v) is 0.881. The Kier molecular flexibility index (Phi) is 4.13. The van der Waals surface area contributed by atoms with Crippen LogP contribution in [-0.4, -0.2) is 24.2 Å². The van der Waals surface area contributed by atoms with Crippen LogP contribution in [-0.2, 0) is 0 Å². The van der Waals surface area contributed by atoms with Crippen LogP contribution in [0, 0.1) is 0 Å². The van der Waals surface area contributed by atoms with E-state index in [9.17, 15) is 13.2 Å². The SMILES string of the molecule is C=C(C)N(CC)CCC(F)(F)F. The highest BCUT2D eigenvalue weighted by molar-refractivity contribution is 4.87. The third kappa shape index (κ3) is 5.04. The van der Waals surface area contributed by atoms with E-state index in [0.717, 1.165) is 0 Å². The standard InChI is InChI=1S/C8H14F3N/c1-4-12(7(2)3)6-5-8(9,10)11/h2,4-6H2,1,3H3. The second-order valence-corrected chi connectivity index (χ2v) is 2.68. The van der Waals surface area contributed by atoms with E-state index in [4.69, 9.17) is 0 Å². The smallest absolute Gasteiger partial charge is 0.375 e. The van der Waals surface area contributed by atoms with Crippen molar-refractivity contribution in [1.29, 1.82) is 0 Å². The Labute approximate surface area is 70.9 Å². The minimum atomic E-state index is -4.07. The van der Waals surface area contributed by atoms with Gasteiger partial charge in [-0.1, -0.05) is 6.58 Å². The molecule has 0 amide bonds. The molecule has 0 saturated carbocycles. The number of nitrogens with zero attached hydrogens (tertiary/aromatic N) is 1. The summed E-state index contributed by atoms with van der Waals surface area (Å²) in [4.78, 5) is 1.60. The lowest BCUT2D eigenvalue weighted by Gasteiger charge is -2.23. The normalized spacial score (nSPS) is 11.4. The fraction of sp³-hybridized carbons (Fsp3) is 0.750. The first-order chi connectivity index (χ1) is 5.37. The van der Waals surface area contributed by atoms with Crippen LogP contribution < -0.4 is 0 Å². The molecule has 0 fully saturated rings. The third-order valence-electron chi connectivity index (χ3n) is 1.59. The molecule has 0 unspecified atom stereocenters. The molecular formula is C8H14F3N. The van der Waals surface area contributed by atoms with Gasteiger partial charge in [-0.05, 0) is 13.8 Å². The Morgan fingerprint density at radius 2 is 1.92 bits per heavy atom. The number of alkyl halides is 3. The van der Waals surface area contributed by atoms with Gasteiger partial charge in [0.05, 0.1) is 6.42 Å². The van der Waals surface area contributed by atoms with Gasteiger partial charge in [-0.15, -0.1) is 0 Å². The van der Waals surface area contributed by atoms with Gasteiger partial charge in [0.2, 0.25) is 0 Å². The molecular weight excluding hydrogens is 167 g/mol. The maximum absolute atomic E-state index is 11.8. The highest BCUT2D eigenvalue weighted by atomic mass is 19.4. The molecule has 0 spiro atoms. The average molecular weight is 181 g/mol. The van der Waals surface area contributed by atoms with Crippen LogP contribution in [0.25, 0.3) is 0 Å². The van der Waals surface area contributed by atoms with Crippen LogP contribution in [0.5, 0.6) is 0 Å². The summed E-state index contributed by atoms with van der Waals surface area (Å²) < 4.78 is 35.3. The van der Waals surface area contributed by atoms with Crippen LogP contribution >= 0.6 is 0 Å². The summed E-state index contributed by atoms with van der Waals surface area (Å²) in [5.41, 5.74) is 0.682. The molecule has 4 heteroatoms. The first-order valence-corrected chi connectivity index (χ1v) is 3.84. The molecule has 0 aliphatic rings. The molecule has 0 atom stereocenters. The van der Waals surface area contributed by atoms with Gasteiger partial charge >= 0.3 is 6.18 Å². The molecule has 12 heavy (non-hydrogen) atoms. The van der Waals surface area contributed by atoms with E-state index in [1.165, 1.54) is 0 Å². The van der Waals surface area contributed by atoms with Crippen molar-refractivity contribution in [3.63, 3.8) is 0 Å². The lowest BCUT2D eigenvalue weighted by molar-refractivity contribution is -0.136. The van der Waals surface area contributed by atoms with Gasteiger partial charge in [-0.2, -0.15) is 13.2 Å². The number of allylic oxidation sites excluding steroid dienone is 1. The number of hydrogen-bond donors (Lipinski definition) is 0. The van der Waals surface area contributed by atoms with Crippen LogP contribution in [0.4, 0.5) is 13.2 Å². The van der Waals surface area contributed by atoms with Crippen molar-refractivity contribution in [3.8, 4) is 0 Å². The Morgan fingerprint density at radius 3 is 2.17 bits per heavy atom. The number of halogens is 3. The molecule has 0 heterocycles. The van der Waals surface area contributed by atoms with Gasteiger partial charge in [-0.3, -0.25) is 0 Å². The molecule has 1 nitrogen and oxygen atoms in total. The first kappa shape index (κ1) is 11.3.